The summed E-state index contributed by atoms with van der Waals surface area (Å²) < 4.78 is 0. The van der Waals surface area contributed by atoms with Gasteiger partial charge in [0, 0.05) is 23.3 Å². The highest BCUT2D eigenvalue weighted by Gasteiger charge is 2.60. The normalized spacial score (nSPS) is 22.4. The lowest BCUT2D eigenvalue weighted by molar-refractivity contribution is -0.144. The van der Waals surface area contributed by atoms with Gasteiger partial charge in [-0.05, 0) is 29.3 Å². The lowest BCUT2D eigenvalue weighted by Gasteiger charge is -2.28. The van der Waals surface area contributed by atoms with Crippen LogP contribution >= 0.6 is 11.6 Å². The minimum atomic E-state index is -2.01. The van der Waals surface area contributed by atoms with Crippen molar-refractivity contribution in [2.24, 2.45) is 0 Å². The van der Waals surface area contributed by atoms with E-state index in [1.54, 1.807) is 31.3 Å². The number of rotatable bonds is 3. The quantitative estimate of drug-likeness (QED) is 0.703. The van der Waals surface area contributed by atoms with E-state index in [1.165, 1.54) is 9.80 Å². The van der Waals surface area contributed by atoms with Gasteiger partial charge in [-0.1, -0.05) is 66.2 Å². The molecule has 30 heavy (non-hydrogen) atoms. The maximum Gasteiger partial charge on any atom is 0.265 e. The number of hydrogen-bond acceptors (Lipinski definition) is 3. The molecule has 2 amide bonds. The van der Waals surface area contributed by atoms with Crippen molar-refractivity contribution in [1.82, 2.24) is 0 Å². The molecule has 3 aromatic rings. The van der Waals surface area contributed by atoms with Crippen molar-refractivity contribution in [3.05, 3.63) is 94.5 Å². The molecule has 0 saturated carbocycles. The van der Waals surface area contributed by atoms with Crippen LogP contribution in [0.3, 0.4) is 0 Å². The lowest BCUT2D eigenvalue weighted by atomic mass is 9.78. The zero-order valence-corrected chi connectivity index (χ0v) is 17.0. The van der Waals surface area contributed by atoms with E-state index >= 15 is 0 Å². The van der Waals surface area contributed by atoms with Gasteiger partial charge in [-0.15, -0.1) is 0 Å². The van der Waals surface area contributed by atoms with Crippen molar-refractivity contribution in [2.45, 2.75) is 18.1 Å². The van der Waals surface area contributed by atoms with E-state index in [0.29, 0.717) is 27.5 Å². The molecule has 2 heterocycles. The minimum absolute atomic E-state index is 0.272. The van der Waals surface area contributed by atoms with Crippen LogP contribution in [0.1, 0.15) is 22.6 Å². The van der Waals surface area contributed by atoms with Crippen molar-refractivity contribution in [3.8, 4) is 0 Å². The number of hydrogen-bond donors (Lipinski definition) is 1. The monoisotopic (exact) mass is 418 g/mol. The van der Waals surface area contributed by atoms with Crippen LogP contribution in [-0.2, 0) is 21.7 Å². The second-order valence-electron chi connectivity index (χ2n) is 7.69. The molecule has 3 aromatic carbocycles. The summed E-state index contributed by atoms with van der Waals surface area (Å²) in [5.74, 6) is -1.85. The molecule has 150 valence electrons. The highest BCUT2D eigenvalue weighted by molar-refractivity contribution is 6.31. The summed E-state index contributed by atoms with van der Waals surface area (Å²) in [6, 6.07) is 21.7. The van der Waals surface area contributed by atoms with Crippen molar-refractivity contribution in [2.75, 3.05) is 16.8 Å². The van der Waals surface area contributed by atoms with Gasteiger partial charge < -0.3 is 14.9 Å². The zero-order valence-electron chi connectivity index (χ0n) is 16.2. The third-order valence-corrected chi connectivity index (χ3v) is 6.26. The minimum Gasteiger partial charge on any atom is -0.374 e. The number of carbonyl (C=O) groups excluding carboxylic acids is 2. The van der Waals surface area contributed by atoms with Crippen LogP contribution < -0.4 is 9.80 Å². The number of likely N-dealkylation sites (N-methyl/N-ethyl adjacent to an activating group) is 1. The molecule has 0 radical (unpaired) electrons. The van der Waals surface area contributed by atoms with Gasteiger partial charge in [0.2, 0.25) is 5.91 Å². The summed E-state index contributed by atoms with van der Waals surface area (Å²) >= 11 is 6.23. The highest BCUT2D eigenvalue weighted by atomic mass is 35.5. The van der Waals surface area contributed by atoms with Crippen LogP contribution in [0.5, 0.6) is 0 Å². The second-order valence-corrected chi connectivity index (χ2v) is 8.13. The number of anilines is 2. The van der Waals surface area contributed by atoms with E-state index in [-0.39, 0.29) is 12.5 Å². The molecule has 2 aliphatic rings. The Kier molecular flexibility index (Phi) is 4.20. The van der Waals surface area contributed by atoms with Crippen LogP contribution in [0.15, 0.2) is 72.8 Å². The third kappa shape index (κ3) is 2.52. The zero-order chi connectivity index (χ0) is 21.0. The van der Waals surface area contributed by atoms with E-state index in [4.69, 9.17) is 11.6 Å². The lowest BCUT2D eigenvalue weighted by Crippen LogP contribution is -2.47. The molecule has 0 bridgehead atoms. The van der Waals surface area contributed by atoms with Gasteiger partial charge in [-0.25, -0.2) is 0 Å². The SMILES string of the molecule is CN1C(=O)C(C2(O)C(=O)N(Cc3ccccc3)c3cc(Cl)ccc32)c2ccccc21. The summed E-state index contributed by atoms with van der Waals surface area (Å²) in [6.07, 6.45) is 0. The molecule has 0 aliphatic carbocycles. The highest BCUT2D eigenvalue weighted by Crippen LogP contribution is 2.53. The number of amides is 2. The Morgan fingerprint density at radius 2 is 1.67 bits per heavy atom. The average Bonchev–Trinajstić information content (AvgIpc) is 3.13. The predicted octanol–water partition coefficient (Wildman–Crippen LogP) is 3.83. The van der Waals surface area contributed by atoms with Gasteiger partial charge in [0.25, 0.3) is 5.91 Å². The molecular weight excluding hydrogens is 400 g/mol. The Hall–Kier alpha value is -3.15. The number of aliphatic hydroxyl groups is 1. The molecule has 5 rings (SSSR count). The predicted molar refractivity (Wildman–Crippen MR) is 116 cm³/mol. The van der Waals surface area contributed by atoms with Crippen molar-refractivity contribution in [3.63, 3.8) is 0 Å². The van der Waals surface area contributed by atoms with Gasteiger partial charge in [0.1, 0.15) is 5.92 Å². The molecular formula is C24H19ClN2O3. The summed E-state index contributed by atoms with van der Waals surface area (Å²) in [7, 11) is 1.66. The topological polar surface area (TPSA) is 60.9 Å². The Bertz CT molecular complexity index is 1180. The van der Waals surface area contributed by atoms with Gasteiger partial charge in [-0.2, -0.15) is 0 Å². The Balaban J connectivity index is 1.68. The molecule has 2 aliphatic heterocycles. The number of nitrogens with zero attached hydrogens (tertiary/aromatic N) is 2. The second kappa shape index (κ2) is 6.69. The molecule has 0 aromatic heterocycles. The van der Waals surface area contributed by atoms with E-state index in [1.807, 2.05) is 48.5 Å². The fraction of sp³-hybridized carbons (Fsp3) is 0.167. The third-order valence-electron chi connectivity index (χ3n) is 6.02. The Morgan fingerprint density at radius 1 is 0.967 bits per heavy atom. The van der Waals surface area contributed by atoms with Crippen LogP contribution in [-0.4, -0.2) is 24.0 Å². The molecule has 0 saturated heterocycles. The molecule has 2 unspecified atom stereocenters. The standard InChI is InChI=1S/C24H19ClN2O3/c1-26-19-10-6-5-9-17(19)21(22(26)28)24(30)18-12-11-16(25)13-20(18)27(23(24)29)14-15-7-3-2-4-8-15/h2-13,21,30H,14H2,1H3. The Labute approximate surface area is 179 Å². The number of para-hydroxylation sites is 1. The number of benzene rings is 3. The first kappa shape index (κ1) is 18.9. The van der Waals surface area contributed by atoms with Gasteiger partial charge >= 0.3 is 0 Å². The van der Waals surface area contributed by atoms with Gasteiger partial charge in [0.05, 0.1) is 12.2 Å². The molecule has 5 nitrogen and oxygen atoms in total. The Morgan fingerprint density at radius 3 is 2.43 bits per heavy atom. The average molecular weight is 419 g/mol. The van der Waals surface area contributed by atoms with E-state index in [9.17, 15) is 14.7 Å². The summed E-state index contributed by atoms with van der Waals surface area (Å²) in [4.78, 5) is 29.9. The molecule has 6 heteroatoms. The molecule has 0 fully saturated rings. The first-order chi connectivity index (χ1) is 14.4. The smallest absolute Gasteiger partial charge is 0.265 e. The maximum atomic E-state index is 13.7. The summed E-state index contributed by atoms with van der Waals surface area (Å²) in [6.45, 7) is 0.272. The van der Waals surface area contributed by atoms with Crippen molar-refractivity contribution >= 4 is 34.8 Å². The number of carbonyl (C=O) groups is 2. The van der Waals surface area contributed by atoms with Gasteiger partial charge in [-0.3, -0.25) is 9.59 Å². The van der Waals surface area contributed by atoms with E-state index in [0.717, 1.165) is 5.56 Å². The summed E-state index contributed by atoms with van der Waals surface area (Å²) in [5, 5.41) is 12.4. The number of fused-ring (bicyclic) bond motifs is 2. The van der Waals surface area contributed by atoms with Crippen LogP contribution in [0, 0.1) is 0 Å². The van der Waals surface area contributed by atoms with Crippen LogP contribution in [0.2, 0.25) is 5.02 Å². The van der Waals surface area contributed by atoms with Crippen LogP contribution in [0.25, 0.3) is 0 Å². The summed E-state index contributed by atoms with van der Waals surface area (Å²) in [5.41, 5.74) is 1.17. The fourth-order valence-electron chi connectivity index (χ4n) is 4.57. The van der Waals surface area contributed by atoms with E-state index < -0.39 is 17.4 Å². The van der Waals surface area contributed by atoms with Crippen molar-refractivity contribution < 1.29 is 14.7 Å². The maximum absolute atomic E-state index is 13.7. The first-order valence-electron chi connectivity index (χ1n) is 9.67. The number of halogens is 1. The van der Waals surface area contributed by atoms with Gasteiger partial charge in [0.15, 0.2) is 5.60 Å². The first-order valence-corrected chi connectivity index (χ1v) is 10.1. The fourth-order valence-corrected chi connectivity index (χ4v) is 4.74. The van der Waals surface area contributed by atoms with Crippen molar-refractivity contribution in [1.29, 1.82) is 0 Å². The van der Waals surface area contributed by atoms with Crippen LogP contribution in [0.4, 0.5) is 11.4 Å². The molecule has 0 spiro atoms. The van der Waals surface area contributed by atoms with E-state index in [2.05, 4.69) is 0 Å². The molecule has 2 atom stereocenters. The largest absolute Gasteiger partial charge is 0.374 e. The molecule has 1 N–H and O–H groups in total.